The van der Waals surface area contributed by atoms with Gasteiger partial charge in [0.1, 0.15) is 5.71 Å². The van der Waals surface area contributed by atoms with Crippen LogP contribution in [0.2, 0.25) is 0 Å². The van der Waals surface area contributed by atoms with Crippen LogP contribution >= 0.6 is 0 Å². The van der Waals surface area contributed by atoms with Crippen LogP contribution in [0.1, 0.15) is 11.1 Å². The van der Waals surface area contributed by atoms with E-state index in [0.29, 0.717) is 11.4 Å². The molecular formula is C36H24N4. The van der Waals surface area contributed by atoms with Crippen LogP contribution in [0, 0.1) is 5.41 Å². The zero-order chi connectivity index (χ0) is 26.6. The molecule has 2 N–H and O–H groups in total. The van der Waals surface area contributed by atoms with E-state index in [0.717, 1.165) is 33.3 Å². The summed E-state index contributed by atoms with van der Waals surface area (Å²) in [5.74, 6) is 0. The van der Waals surface area contributed by atoms with Crippen LogP contribution in [0.15, 0.2) is 133 Å². The number of benzene rings is 6. The minimum absolute atomic E-state index is 0.414. The number of fused-ring (bicyclic) bond motifs is 8. The summed E-state index contributed by atoms with van der Waals surface area (Å²) in [7, 11) is 0. The zero-order valence-electron chi connectivity index (χ0n) is 21.6. The second-order valence-corrected chi connectivity index (χ2v) is 10.2. The Balaban J connectivity index is 1.33. The minimum Gasteiger partial charge on any atom is -0.309 e. The first-order valence-electron chi connectivity index (χ1n) is 13.4. The molecule has 40 heavy (non-hydrogen) atoms. The van der Waals surface area contributed by atoms with Crippen molar-refractivity contribution in [1.29, 1.82) is 5.41 Å². The summed E-state index contributed by atoms with van der Waals surface area (Å²) in [5.41, 5.74) is 10.4. The van der Waals surface area contributed by atoms with Gasteiger partial charge in [0.25, 0.3) is 0 Å². The smallest absolute Gasteiger partial charge is 0.109 e. The van der Waals surface area contributed by atoms with Crippen molar-refractivity contribution >= 4 is 66.5 Å². The molecule has 0 spiro atoms. The molecule has 4 nitrogen and oxygen atoms in total. The SMILES string of the molecule is N=C1/C(=N\Nc2ccccc2)C=Cc2ccc3ccc(-n4c5ccccc5c5c6ccccc6ccc54)cc3c21. The van der Waals surface area contributed by atoms with Gasteiger partial charge in [-0.05, 0) is 69.6 Å². The van der Waals surface area contributed by atoms with Crippen molar-refractivity contribution in [3.05, 3.63) is 139 Å². The summed E-state index contributed by atoms with van der Waals surface area (Å²) >= 11 is 0. The average molecular weight is 513 g/mol. The molecule has 6 aromatic carbocycles. The third kappa shape index (κ3) is 3.40. The molecule has 0 bridgehead atoms. The normalized spacial score (nSPS) is 14.0. The van der Waals surface area contributed by atoms with Crippen LogP contribution in [0.4, 0.5) is 5.69 Å². The number of hydrogen-bond acceptors (Lipinski definition) is 3. The molecule has 1 aliphatic rings. The molecule has 8 rings (SSSR count). The Labute approximate surface area is 231 Å². The van der Waals surface area contributed by atoms with E-state index in [1.807, 2.05) is 36.4 Å². The fourth-order valence-corrected chi connectivity index (χ4v) is 6.01. The first-order valence-corrected chi connectivity index (χ1v) is 13.4. The van der Waals surface area contributed by atoms with Gasteiger partial charge in [-0.15, -0.1) is 0 Å². The van der Waals surface area contributed by atoms with Gasteiger partial charge < -0.3 is 4.57 Å². The number of hydrazone groups is 1. The Morgan fingerprint density at radius 3 is 2.23 bits per heavy atom. The van der Waals surface area contributed by atoms with Gasteiger partial charge in [0.05, 0.1) is 22.4 Å². The number of aromatic nitrogens is 1. The maximum atomic E-state index is 9.14. The molecule has 4 heteroatoms. The maximum Gasteiger partial charge on any atom is 0.109 e. The van der Waals surface area contributed by atoms with Crippen molar-refractivity contribution in [2.45, 2.75) is 0 Å². The molecule has 188 valence electrons. The summed E-state index contributed by atoms with van der Waals surface area (Å²) < 4.78 is 2.35. The van der Waals surface area contributed by atoms with Crippen LogP contribution < -0.4 is 5.43 Å². The highest BCUT2D eigenvalue weighted by Gasteiger charge is 2.20. The van der Waals surface area contributed by atoms with E-state index in [4.69, 9.17) is 5.41 Å². The zero-order valence-corrected chi connectivity index (χ0v) is 21.6. The van der Waals surface area contributed by atoms with Crippen molar-refractivity contribution < 1.29 is 0 Å². The van der Waals surface area contributed by atoms with E-state index in [2.05, 4.69) is 112 Å². The van der Waals surface area contributed by atoms with Crippen LogP contribution in [-0.4, -0.2) is 16.0 Å². The average Bonchev–Trinajstić information content (AvgIpc) is 3.35. The van der Waals surface area contributed by atoms with E-state index < -0.39 is 0 Å². The molecule has 1 heterocycles. The monoisotopic (exact) mass is 512 g/mol. The highest BCUT2D eigenvalue weighted by atomic mass is 15.3. The lowest BCUT2D eigenvalue weighted by molar-refractivity contribution is 1.19. The third-order valence-corrected chi connectivity index (χ3v) is 7.86. The molecular weight excluding hydrogens is 488 g/mol. The van der Waals surface area contributed by atoms with Gasteiger partial charge >= 0.3 is 0 Å². The molecule has 7 aromatic rings. The fraction of sp³-hybridized carbons (Fsp3) is 0. The van der Waals surface area contributed by atoms with Crippen LogP contribution in [0.3, 0.4) is 0 Å². The Morgan fingerprint density at radius 2 is 1.32 bits per heavy atom. The van der Waals surface area contributed by atoms with Crippen molar-refractivity contribution in [3.8, 4) is 5.69 Å². The Bertz CT molecular complexity index is 2200. The van der Waals surface area contributed by atoms with E-state index in [1.165, 1.54) is 32.6 Å². The van der Waals surface area contributed by atoms with E-state index in [-0.39, 0.29) is 0 Å². The van der Waals surface area contributed by atoms with Crippen LogP contribution in [0.25, 0.3) is 55.1 Å². The Hall–Kier alpha value is -5.48. The number of hydrogen-bond donors (Lipinski definition) is 2. The van der Waals surface area contributed by atoms with Gasteiger partial charge in [0.2, 0.25) is 0 Å². The van der Waals surface area contributed by atoms with Gasteiger partial charge in [-0.2, -0.15) is 5.10 Å². The molecule has 0 atom stereocenters. The van der Waals surface area contributed by atoms with Gasteiger partial charge in [-0.1, -0.05) is 91.0 Å². The predicted octanol–water partition coefficient (Wildman–Crippen LogP) is 8.95. The number of para-hydroxylation sites is 2. The van der Waals surface area contributed by atoms with Gasteiger partial charge in [-0.25, -0.2) is 0 Å². The van der Waals surface area contributed by atoms with Crippen molar-refractivity contribution in [3.63, 3.8) is 0 Å². The number of nitrogens with one attached hydrogen (secondary N) is 2. The quantitative estimate of drug-likeness (QED) is 0.228. The van der Waals surface area contributed by atoms with Crippen molar-refractivity contribution in [1.82, 2.24) is 4.57 Å². The number of anilines is 1. The summed E-state index contributed by atoms with van der Waals surface area (Å²) in [6.07, 6.45) is 3.96. The van der Waals surface area contributed by atoms with Crippen LogP contribution in [0.5, 0.6) is 0 Å². The van der Waals surface area contributed by atoms with Crippen molar-refractivity contribution in [2.75, 3.05) is 5.43 Å². The number of nitrogens with zero attached hydrogens (tertiary/aromatic N) is 2. The lowest BCUT2D eigenvalue weighted by atomic mass is 9.89. The topological polar surface area (TPSA) is 53.2 Å². The first-order chi connectivity index (χ1) is 19.8. The second kappa shape index (κ2) is 8.79. The third-order valence-electron chi connectivity index (χ3n) is 7.86. The van der Waals surface area contributed by atoms with E-state index in [1.54, 1.807) is 0 Å². The van der Waals surface area contributed by atoms with Gasteiger partial charge in [-0.3, -0.25) is 10.8 Å². The Kier molecular flexibility index (Phi) is 4.94. The minimum atomic E-state index is 0.414. The summed E-state index contributed by atoms with van der Waals surface area (Å²) in [6.45, 7) is 0. The molecule has 1 aliphatic carbocycles. The molecule has 0 radical (unpaired) electrons. The molecule has 0 saturated heterocycles. The molecule has 0 aliphatic heterocycles. The lowest BCUT2D eigenvalue weighted by Crippen LogP contribution is -2.18. The summed E-state index contributed by atoms with van der Waals surface area (Å²) in [4.78, 5) is 0. The largest absolute Gasteiger partial charge is 0.309 e. The van der Waals surface area contributed by atoms with Crippen molar-refractivity contribution in [2.24, 2.45) is 5.10 Å². The van der Waals surface area contributed by atoms with E-state index in [9.17, 15) is 0 Å². The molecule has 0 unspecified atom stereocenters. The summed E-state index contributed by atoms with van der Waals surface area (Å²) in [6, 6.07) is 42.3. The van der Waals surface area contributed by atoms with Gasteiger partial charge in [0.15, 0.2) is 0 Å². The molecule has 1 aromatic heterocycles. The predicted molar refractivity (Wildman–Crippen MR) is 169 cm³/mol. The summed E-state index contributed by atoms with van der Waals surface area (Å²) in [5, 5.41) is 20.9. The first kappa shape index (κ1) is 22.5. The van der Waals surface area contributed by atoms with Crippen LogP contribution in [-0.2, 0) is 0 Å². The highest BCUT2D eigenvalue weighted by Crippen LogP contribution is 2.38. The van der Waals surface area contributed by atoms with Gasteiger partial charge in [0, 0.05) is 22.0 Å². The number of allylic oxidation sites excluding steroid dienone is 1. The standard InChI is InChI=1S/C36H24N4/c37-36-31(39-38-26-9-2-1-3-10-26)20-17-25-15-14-24-16-19-27(22-30(24)34(25)36)40-32-13-7-6-12-29(32)35-28-11-5-4-8-23(28)18-21-33(35)40/h1-22,37-38H/b37-36?,39-31-. The second-order valence-electron chi connectivity index (χ2n) is 10.2. The van der Waals surface area contributed by atoms with E-state index >= 15 is 0 Å². The lowest BCUT2D eigenvalue weighted by Gasteiger charge is -2.18. The fourth-order valence-electron chi connectivity index (χ4n) is 6.01. The molecule has 0 amide bonds. The Morgan fingerprint density at radius 1 is 0.600 bits per heavy atom. The molecule has 0 saturated carbocycles. The molecule has 0 fully saturated rings. The highest BCUT2D eigenvalue weighted by molar-refractivity contribution is 6.55. The maximum absolute atomic E-state index is 9.14. The number of rotatable bonds is 3.